The number of hydrogen-bond acceptors (Lipinski definition) is 3. The van der Waals surface area contributed by atoms with Gasteiger partial charge in [-0.3, -0.25) is 4.79 Å². The molecule has 1 spiro atoms. The molecule has 1 aliphatic heterocycles. The van der Waals surface area contributed by atoms with Crippen LogP contribution >= 0.6 is 0 Å². The van der Waals surface area contributed by atoms with E-state index in [-0.39, 0.29) is 17.4 Å². The summed E-state index contributed by atoms with van der Waals surface area (Å²) in [5.74, 6) is 0.0503. The quantitative estimate of drug-likeness (QED) is 0.854. The minimum absolute atomic E-state index is 0.0503. The zero-order valence-corrected chi connectivity index (χ0v) is 13.2. The fraction of sp³-hybridized carbons (Fsp3) is 0.588. The molecule has 1 atom stereocenters. The molecule has 1 saturated heterocycles. The molecular weight excluding hydrogens is 262 g/mol. The van der Waals surface area contributed by atoms with Crippen molar-refractivity contribution < 1.29 is 4.79 Å². The first-order valence-electron chi connectivity index (χ1n) is 7.71. The molecule has 1 amide bonds. The minimum Gasteiger partial charge on any atom is -0.345 e. The van der Waals surface area contributed by atoms with Gasteiger partial charge in [0.05, 0.1) is 0 Å². The van der Waals surface area contributed by atoms with Crippen molar-refractivity contribution in [1.82, 2.24) is 9.80 Å². The van der Waals surface area contributed by atoms with Gasteiger partial charge >= 0.3 is 0 Å². The molecule has 4 heteroatoms. The third-order valence-corrected chi connectivity index (χ3v) is 5.32. The third kappa shape index (κ3) is 2.36. The molecule has 0 aromatic heterocycles. The summed E-state index contributed by atoms with van der Waals surface area (Å²) in [6.07, 6.45) is 3.36. The first-order chi connectivity index (χ1) is 9.93. The van der Waals surface area contributed by atoms with Gasteiger partial charge < -0.3 is 15.5 Å². The lowest BCUT2D eigenvalue weighted by molar-refractivity contribution is 0.0827. The van der Waals surface area contributed by atoms with Crippen LogP contribution in [0.4, 0.5) is 0 Å². The average molecular weight is 287 g/mol. The summed E-state index contributed by atoms with van der Waals surface area (Å²) in [6.45, 7) is 2.23. The number of likely N-dealkylation sites (tertiary alicyclic amines) is 1. The molecule has 2 aliphatic rings. The second-order valence-corrected chi connectivity index (χ2v) is 6.93. The van der Waals surface area contributed by atoms with Gasteiger partial charge in [-0.1, -0.05) is 6.07 Å². The van der Waals surface area contributed by atoms with Gasteiger partial charge in [0.15, 0.2) is 0 Å². The van der Waals surface area contributed by atoms with Gasteiger partial charge in [-0.05, 0) is 68.1 Å². The number of piperidine rings is 1. The van der Waals surface area contributed by atoms with Crippen LogP contribution in [0.5, 0.6) is 0 Å². The molecule has 114 valence electrons. The van der Waals surface area contributed by atoms with Crippen molar-refractivity contribution in [3.05, 3.63) is 34.9 Å². The maximum Gasteiger partial charge on any atom is 0.253 e. The fourth-order valence-electron chi connectivity index (χ4n) is 3.81. The number of carbonyl (C=O) groups excluding carboxylic acids is 1. The van der Waals surface area contributed by atoms with E-state index in [0.29, 0.717) is 0 Å². The topological polar surface area (TPSA) is 49.6 Å². The lowest BCUT2D eigenvalue weighted by atomic mass is 9.73. The zero-order chi connectivity index (χ0) is 15.2. The summed E-state index contributed by atoms with van der Waals surface area (Å²) in [5.41, 5.74) is 10.1. The van der Waals surface area contributed by atoms with Crippen LogP contribution in [-0.4, -0.2) is 49.9 Å². The van der Waals surface area contributed by atoms with Crippen LogP contribution in [0.1, 0.15) is 40.4 Å². The van der Waals surface area contributed by atoms with E-state index < -0.39 is 0 Å². The molecule has 3 rings (SSSR count). The number of rotatable bonds is 1. The average Bonchev–Trinajstić information content (AvgIpc) is 2.74. The van der Waals surface area contributed by atoms with Crippen molar-refractivity contribution in [3.63, 3.8) is 0 Å². The Labute approximate surface area is 126 Å². The molecule has 1 aromatic rings. The van der Waals surface area contributed by atoms with Crippen LogP contribution in [0, 0.1) is 5.41 Å². The Hall–Kier alpha value is -1.39. The van der Waals surface area contributed by atoms with Crippen LogP contribution in [0.3, 0.4) is 0 Å². The zero-order valence-electron chi connectivity index (χ0n) is 13.2. The molecule has 1 unspecified atom stereocenters. The predicted molar refractivity (Wildman–Crippen MR) is 84.3 cm³/mol. The SMILES string of the molecule is CN1CCC2(CC1)Cc1ccc(C(=O)N(C)C)cc1C2N. The van der Waals surface area contributed by atoms with E-state index in [2.05, 4.69) is 18.0 Å². The first kappa shape index (κ1) is 14.5. The minimum atomic E-state index is 0.0503. The highest BCUT2D eigenvalue weighted by Crippen LogP contribution is 2.50. The van der Waals surface area contributed by atoms with Crippen molar-refractivity contribution in [2.24, 2.45) is 11.1 Å². The Balaban J connectivity index is 1.90. The number of carbonyl (C=O) groups is 1. The van der Waals surface area contributed by atoms with Gasteiger partial charge in [-0.15, -0.1) is 0 Å². The second-order valence-electron chi connectivity index (χ2n) is 6.93. The van der Waals surface area contributed by atoms with Gasteiger partial charge in [0.25, 0.3) is 5.91 Å². The highest BCUT2D eigenvalue weighted by Gasteiger charge is 2.45. The molecule has 2 N–H and O–H groups in total. The summed E-state index contributed by atoms with van der Waals surface area (Å²) in [7, 11) is 5.75. The maximum atomic E-state index is 12.1. The molecule has 21 heavy (non-hydrogen) atoms. The van der Waals surface area contributed by atoms with Crippen molar-refractivity contribution in [3.8, 4) is 0 Å². The standard InChI is InChI=1S/C17H25N3O/c1-19(2)16(21)12-4-5-13-11-17(15(18)14(13)10-12)6-8-20(3)9-7-17/h4-5,10,15H,6-9,11,18H2,1-3H3. The van der Waals surface area contributed by atoms with E-state index in [9.17, 15) is 4.79 Å². The largest absolute Gasteiger partial charge is 0.345 e. The molecule has 1 aromatic carbocycles. The van der Waals surface area contributed by atoms with E-state index in [1.807, 2.05) is 12.1 Å². The van der Waals surface area contributed by atoms with E-state index in [1.54, 1.807) is 19.0 Å². The Morgan fingerprint density at radius 1 is 1.33 bits per heavy atom. The van der Waals surface area contributed by atoms with E-state index >= 15 is 0 Å². The predicted octanol–water partition coefficient (Wildman–Crippen LogP) is 1.66. The monoisotopic (exact) mass is 287 g/mol. The normalized spacial score (nSPS) is 24.1. The molecule has 0 radical (unpaired) electrons. The van der Waals surface area contributed by atoms with E-state index in [0.717, 1.165) is 37.9 Å². The Kier molecular flexibility index (Phi) is 3.54. The van der Waals surface area contributed by atoms with Gasteiger partial charge in [-0.2, -0.15) is 0 Å². The van der Waals surface area contributed by atoms with Gasteiger partial charge in [-0.25, -0.2) is 0 Å². The highest BCUT2D eigenvalue weighted by atomic mass is 16.2. The molecule has 0 saturated carbocycles. The van der Waals surface area contributed by atoms with Crippen LogP contribution in [-0.2, 0) is 6.42 Å². The number of nitrogens with two attached hydrogens (primary N) is 1. The van der Waals surface area contributed by atoms with Gasteiger partial charge in [0.1, 0.15) is 0 Å². The highest BCUT2D eigenvalue weighted by molar-refractivity contribution is 5.94. The number of hydrogen-bond donors (Lipinski definition) is 1. The van der Waals surface area contributed by atoms with E-state index in [4.69, 9.17) is 5.73 Å². The van der Waals surface area contributed by atoms with Crippen LogP contribution in [0.2, 0.25) is 0 Å². The fourth-order valence-corrected chi connectivity index (χ4v) is 3.81. The lowest BCUT2D eigenvalue weighted by Gasteiger charge is -2.41. The van der Waals surface area contributed by atoms with E-state index in [1.165, 1.54) is 11.1 Å². The summed E-state index contributed by atoms with van der Waals surface area (Å²) >= 11 is 0. The lowest BCUT2D eigenvalue weighted by Crippen LogP contribution is -2.42. The van der Waals surface area contributed by atoms with Gasteiger partial charge in [0.2, 0.25) is 0 Å². The van der Waals surface area contributed by atoms with Crippen LogP contribution < -0.4 is 5.73 Å². The summed E-state index contributed by atoms with van der Waals surface area (Å²) in [4.78, 5) is 16.1. The Morgan fingerprint density at radius 3 is 2.62 bits per heavy atom. The summed E-state index contributed by atoms with van der Waals surface area (Å²) in [5, 5.41) is 0. The molecular formula is C17H25N3O. The summed E-state index contributed by atoms with van der Waals surface area (Å²) < 4.78 is 0. The summed E-state index contributed by atoms with van der Waals surface area (Å²) in [6, 6.07) is 6.15. The van der Waals surface area contributed by atoms with Crippen molar-refractivity contribution >= 4 is 5.91 Å². The number of amides is 1. The molecule has 1 fully saturated rings. The van der Waals surface area contributed by atoms with Crippen LogP contribution in [0.15, 0.2) is 18.2 Å². The molecule has 1 heterocycles. The molecule has 0 bridgehead atoms. The number of nitrogens with zero attached hydrogens (tertiary/aromatic N) is 2. The molecule has 1 aliphatic carbocycles. The first-order valence-corrected chi connectivity index (χ1v) is 7.71. The third-order valence-electron chi connectivity index (χ3n) is 5.32. The Morgan fingerprint density at radius 2 is 2.00 bits per heavy atom. The molecule has 4 nitrogen and oxygen atoms in total. The Bertz CT molecular complexity index is 559. The van der Waals surface area contributed by atoms with Crippen molar-refractivity contribution in [2.45, 2.75) is 25.3 Å². The van der Waals surface area contributed by atoms with Crippen molar-refractivity contribution in [1.29, 1.82) is 0 Å². The maximum absolute atomic E-state index is 12.1. The van der Waals surface area contributed by atoms with Gasteiger partial charge in [0, 0.05) is 25.7 Å². The second kappa shape index (κ2) is 5.11. The van der Waals surface area contributed by atoms with Crippen LogP contribution in [0.25, 0.3) is 0 Å². The smallest absolute Gasteiger partial charge is 0.253 e. The van der Waals surface area contributed by atoms with Crippen molar-refractivity contribution in [2.75, 3.05) is 34.2 Å². The number of fused-ring (bicyclic) bond motifs is 1. The number of benzene rings is 1.